The van der Waals surface area contributed by atoms with Gasteiger partial charge in [0.25, 0.3) is 0 Å². The van der Waals surface area contributed by atoms with Gasteiger partial charge in [0.2, 0.25) is 0 Å². The maximum absolute atomic E-state index is 2.44. The molecule has 19 heavy (non-hydrogen) atoms. The van der Waals surface area contributed by atoms with Crippen LogP contribution in [0.5, 0.6) is 0 Å². The molecule has 0 aromatic carbocycles. The van der Waals surface area contributed by atoms with Crippen LogP contribution in [0.1, 0.15) is 99.8 Å². The molecular weight excluding hydrogens is 228 g/mol. The van der Waals surface area contributed by atoms with Gasteiger partial charge >= 0.3 is 0 Å². The number of rotatable bonds is 9. The van der Waals surface area contributed by atoms with Gasteiger partial charge < -0.3 is 0 Å². The van der Waals surface area contributed by atoms with E-state index < -0.39 is 0 Å². The highest BCUT2D eigenvalue weighted by Crippen LogP contribution is 2.28. The van der Waals surface area contributed by atoms with E-state index in [9.17, 15) is 0 Å². The molecule has 0 bridgehead atoms. The Bertz CT molecular complexity index is 252. The minimum Gasteiger partial charge on any atom is -0.0741 e. The molecule has 1 atom stereocenters. The first-order valence-electron chi connectivity index (χ1n) is 8.50. The Labute approximate surface area is 123 Å². The van der Waals surface area contributed by atoms with E-state index in [-0.39, 0.29) is 0 Å². The average molecular weight is 267 g/mol. The van der Waals surface area contributed by atoms with Crippen molar-refractivity contribution in [1.82, 2.24) is 0 Å². The van der Waals surface area contributed by atoms with Gasteiger partial charge in [-0.25, -0.2) is 0 Å². The SMILES string of the molecule is CCC/C(=C(\C)CC)C(C)CCCCCC(C)(C)C. The molecule has 0 rings (SSSR count). The van der Waals surface area contributed by atoms with Crippen LogP contribution in [0.3, 0.4) is 0 Å². The minimum atomic E-state index is 0.512. The molecule has 0 N–H and O–H groups in total. The molecule has 0 nitrogen and oxygen atoms in total. The van der Waals surface area contributed by atoms with Crippen LogP contribution in [-0.4, -0.2) is 0 Å². The van der Waals surface area contributed by atoms with Gasteiger partial charge in [-0.15, -0.1) is 0 Å². The first-order valence-corrected chi connectivity index (χ1v) is 8.50. The summed E-state index contributed by atoms with van der Waals surface area (Å²) in [4.78, 5) is 0. The molecule has 1 unspecified atom stereocenters. The largest absolute Gasteiger partial charge is 0.0741 e. The summed E-state index contributed by atoms with van der Waals surface area (Å²) in [7, 11) is 0. The van der Waals surface area contributed by atoms with Crippen molar-refractivity contribution in [3.8, 4) is 0 Å². The van der Waals surface area contributed by atoms with Crippen LogP contribution in [0.2, 0.25) is 0 Å². The fourth-order valence-corrected chi connectivity index (χ4v) is 2.83. The van der Waals surface area contributed by atoms with E-state index in [1.165, 1.54) is 51.4 Å². The number of allylic oxidation sites excluding steroid dienone is 2. The summed E-state index contributed by atoms with van der Waals surface area (Å²) in [6.07, 6.45) is 10.8. The van der Waals surface area contributed by atoms with Crippen molar-refractivity contribution in [2.75, 3.05) is 0 Å². The number of hydrogen-bond donors (Lipinski definition) is 0. The Kier molecular flexibility index (Phi) is 9.48. The minimum absolute atomic E-state index is 0.512. The number of unbranched alkanes of at least 4 members (excludes halogenated alkanes) is 2. The van der Waals surface area contributed by atoms with Crippen molar-refractivity contribution >= 4 is 0 Å². The fourth-order valence-electron chi connectivity index (χ4n) is 2.83. The smallest absolute Gasteiger partial charge is 0.0229 e. The molecule has 0 aliphatic heterocycles. The average Bonchev–Trinajstić information content (AvgIpc) is 2.33. The molecule has 114 valence electrons. The van der Waals surface area contributed by atoms with Gasteiger partial charge in [-0.2, -0.15) is 0 Å². The normalized spacial score (nSPS) is 15.3. The van der Waals surface area contributed by atoms with Crippen LogP contribution in [0.15, 0.2) is 11.1 Å². The summed E-state index contributed by atoms with van der Waals surface area (Å²) in [5, 5.41) is 0. The van der Waals surface area contributed by atoms with Crippen molar-refractivity contribution in [1.29, 1.82) is 0 Å². The molecule has 0 amide bonds. The summed E-state index contributed by atoms with van der Waals surface area (Å²) in [6, 6.07) is 0. The second-order valence-corrected chi connectivity index (χ2v) is 7.47. The molecule has 0 saturated heterocycles. The highest BCUT2D eigenvalue weighted by molar-refractivity contribution is 5.14. The van der Waals surface area contributed by atoms with Crippen LogP contribution in [-0.2, 0) is 0 Å². The lowest BCUT2D eigenvalue weighted by Crippen LogP contribution is -2.05. The molecule has 0 heterocycles. The molecule has 0 radical (unpaired) electrons. The first-order chi connectivity index (χ1) is 8.81. The quantitative estimate of drug-likeness (QED) is 0.307. The lowest BCUT2D eigenvalue weighted by atomic mass is 9.86. The summed E-state index contributed by atoms with van der Waals surface area (Å²) >= 11 is 0. The molecule has 0 aliphatic carbocycles. The molecular formula is C19H38. The van der Waals surface area contributed by atoms with Crippen molar-refractivity contribution in [3.63, 3.8) is 0 Å². The summed E-state index contributed by atoms with van der Waals surface area (Å²) < 4.78 is 0. The van der Waals surface area contributed by atoms with Crippen molar-refractivity contribution < 1.29 is 0 Å². The second-order valence-electron chi connectivity index (χ2n) is 7.47. The summed E-state index contributed by atoms with van der Waals surface area (Å²) in [5.74, 6) is 0.800. The molecule has 0 aromatic rings. The van der Waals surface area contributed by atoms with E-state index >= 15 is 0 Å². The highest BCUT2D eigenvalue weighted by atomic mass is 14.2. The number of hydrogen-bond acceptors (Lipinski definition) is 0. The monoisotopic (exact) mass is 266 g/mol. The lowest BCUT2D eigenvalue weighted by molar-refractivity contribution is 0.354. The Balaban J connectivity index is 4.04. The van der Waals surface area contributed by atoms with E-state index in [0.29, 0.717) is 5.41 Å². The molecule has 0 heteroatoms. The first kappa shape index (κ1) is 18.7. The predicted octanol–water partition coefficient (Wildman–Crippen LogP) is 7.15. The molecule has 0 spiro atoms. The maximum Gasteiger partial charge on any atom is -0.0229 e. The predicted molar refractivity (Wildman–Crippen MR) is 89.6 cm³/mol. The van der Waals surface area contributed by atoms with Gasteiger partial charge in [-0.1, -0.05) is 78.4 Å². The summed E-state index contributed by atoms with van der Waals surface area (Å²) in [5.41, 5.74) is 3.90. The zero-order valence-corrected chi connectivity index (χ0v) is 14.7. The van der Waals surface area contributed by atoms with Crippen molar-refractivity contribution in [2.24, 2.45) is 11.3 Å². The highest BCUT2D eigenvalue weighted by Gasteiger charge is 2.12. The zero-order chi connectivity index (χ0) is 14.9. The Morgan fingerprint density at radius 1 is 1.00 bits per heavy atom. The standard InChI is InChI=1S/C19H38/c1-8-13-18(16(3)9-2)17(4)14-11-10-12-15-19(5,6)7/h17H,8-15H2,1-7H3/b18-16-. The molecule has 0 aliphatic rings. The third-order valence-corrected chi connectivity index (χ3v) is 4.26. The Morgan fingerprint density at radius 3 is 2.11 bits per heavy atom. The van der Waals surface area contributed by atoms with E-state index in [0.717, 1.165) is 5.92 Å². The molecule has 0 saturated carbocycles. The second kappa shape index (κ2) is 9.61. The van der Waals surface area contributed by atoms with E-state index in [1.807, 2.05) is 0 Å². The molecule has 0 fully saturated rings. The van der Waals surface area contributed by atoms with Crippen LogP contribution >= 0.6 is 0 Å². The van der Waals surface area contributed by atoms with Crippen LogP contribution in [0.4, 0.5) is 0 Å². The summed E-state index contributed by atoms with van der Waals surface area (Å²) in [6.45, 7) is 16.4. The fraction of sp³-hybridized carbons (Fsp3) is 0.895. The van der Waals surface area contributed by atoms with Crippen molar-refractivity contribution in [3.05, 3.63) is 11.1 Å². The third kappa shape index (κ3) is 9.30. The van der Waals surface area contributed by atoms with Gasteiger partial charge in [-0.3, -0.25) is 0 Å². The van der Waals surface area contributed by atoms with Crippen LogP contribution in [0.25, 0.3) is 0 Å². The van der Waals surface area contributed by atoms with Crippen LogP contribution < -0.4 is 0 Å². The Hall–Kier alpha value is -0.260. The molecule has 0 aromatic heterocycles. The van der Waals surface area contributed by atoms with Crippen molar-refractivity contribution in [2.45, 2.75) is 99.8 Å². The third-order valence-electron chi connectivity index (χ3n) is 4.26. The van der Waals surface area contributed by atoms with Gasteiger partial charge in [0.1, 0.15) is 0 Å². The van der Waals surface area contributed by atoms with E-state index in [4.69, 9.17) is 0 Å². The van der Waals surface area contributed by atoms with Gasteiger partial charge in [0, 0.05) is 0 Å². The Morgan fingerprint density at radius 2 is 1.63 bits per heavy atom. The zero-order valence-electron chi connectivity index (χ0n) is 14.7. The maximum atomic E-state index is 2.44. The van der Waals surface area contributed by atoms with Crippen LogP contribution in [0, 0.1) is 11.3 Å². The topological polar surface area (TPSA) is 0 Å². The van der Waals surface area contributed by atoms with Gasteiger partial charge in [0.15, 0.2) is 0 Å². The van der Waals surface area contributed by atoms with Gasteiger partial charge in [0.05, 0.1) is 0 Å². The van der Waals surface area contributed by atoms with E-state index in [1.54, 1.807) is 11.1 Å². The lowest BCUT2D eigenvalue weighted by Gasteiger charge is -2.20. The van der Waals surface area contributed by atoms with Gasteiger partial charge in [-0.05, 0) is 43.9 Å². The van der Waals surface area contributed by atoms with E-state index in [2.05, 4.69) is 48.5 Å².